The largest absolute Gasteiger partial charge is 0.0622 e. The summed E-state index contributed by atoms with van der Waals surface area (Å²) < 4.78 is 0. The van der Waals surface area contributed by atoms with Crippen molar-refractivity contribution in [1.29, 1.82) is 0 Å². The molecule has 0 atom stereocenters. The van der Waals surface area contributed by atoms with Crippen LogP contribution >= 0.6 is 0 Å². The van der Waals surface area contributed by atoms with E-state index in [-0.39, 0.29) is 0 Å². The summed E-state index contributed by atoms with van der Waals surface area (Å²) in [5.41, 5.74) is 5.03. The Balaban J connectivity index is 1.38. The van der Waals surface area contributed by atoms with Crippen molar-refractivity contribution in [2.75, 3.05) is 0 Å². The van der Waals surface area contributed by atoms with Gasteiger partial charge in [0.15, 0.2) is 0 Å². The molecule has 0 aromatic heterocycles. The number of benzene rings is 9. The van der Waals surface area contributed by atoms with Crippen molar-refractivity contribution in [1.82, 2.24) is 0 Å². The fraction of sp³-hybridized carbons (Fsp3) is 0. The van der Waals surface area contributed by atoms with Gasteiger partial charge in [0.25, 0.3) is 0 Å². The van der Waals surface area contributed by atoms with Crippen molar-refractivity contribution in [2.24, 2.45) is 0 Å². The Labute approximate surface area is 310 Å². The lowest BCUT2D eigenvalue weighted by Crippen LogP contribution is -1.84. The summed E-state index contributed by atoms with van der Waals surface area (Å²) in [7, 11) is 0. The number of hydrogen-bond acceptors (Lipinski definition) is 0. The Hall–Kier alpha value is -7.02. The van der Waals surface area contributed by atoms with Gasteiger partial charge >= 0.3 is 0 Å². The second-order valence-electron chi connectivity index (χ2n) is 15.1. The lowest BCUT2D eigenvalue weighted by Gasteiger charge is -2.12. The topological polar surface area (TPSA) is 0 Å². The molecule has 0 bridgehead atoms. The lowest BCUT2D eigenvalue weighted by atomic mass is 9.91. The quantitative estimate of drug-likeness (QED) is 0.160. The molecule has 54 heavy (non-hydrogen) atoms. The predicted molar refractivity (Wildman–Crippen MR) is 235 cm³/mol. The van der Waals surface area contributed by atoms with Gasteiger partial charge in [0.2, 0.25) is 0 Å². The second-order valence-corrected chi connectivity index (χ2v) is 15.1. The van der Waals surface area contributed by atoms with Gasteiger partial charge in [-0.15, -0.1) is 0 Å². The minimum absolute atomic E-state index is 1.24. The molecule has 0 nitrogen and oxygen atoms in total. The molecule has 0 spiro atoms. The summed E-state index contributed by atoms with van der Waals surface area (Å²) in [6.45, 7) is 0. The van der Waals surface area contributed by atoms with E-state index in [0.717, 1.165) is 0 Å². The van der Waals surface area contributed by atoms with Crippen LogP contribution in [0.2, 0.25) is 0 Å². The van der Waals surface area contributed by atoms with Gasteiger partial charge in [-0.2, -0.15) is 0 Å². The molecular weight excluding hydrogens is 649 g/mol. The SMILES string of the molecule is c1ccc(-c2cc3c4cccc5c4c(cc(-c4ccccc4)c4c6cccc7cccc(c76)c54)c4cccc(c43)c3c4cccc5cccc(c23)c54)cc1. The van der Waals surface area contributed by atoms with Crippen LogP contribution in [0, 0.1) is 0 Å². The summed E-state index contributed by atoms with van der Waals surface area (Å²) in [5.74, 6) is 0. The Morgan fingerprint density at radius 3 is 0.889 bits per heavy atom. The van der Waals surface area contributed by atoms with Gasteiger partial charge in [0, 0.05) is 0 Å². The predicted octanol–water partition coefficient (Wildman–Crippen LogP) is 15.4. The summed E-state index contributed by atoms with van der Waals surface area (Å²) in [4.78, 5) is 0. The van der Waals surface area contributed by atoms with Crippen molar-refractivity contribution < 1.29 is 0 Å². The van der Waals surface area contributed by atoms with Gasteiger partial charge in [-0.1, -0.05) is 170 Å². The zero-order chi connectivity index (χ0) is 35.1. The van der Waals surface area contributed by atoms with Crippen LogP contribution in [0.1, 0.15) is 0 Å². The summed E-state index contributed by atoms with van der Waals surface area (Å²) in [6.07, 6.45) is 0. The van der Waals surface area contributed by atoms with Crippen LogP contribution in [0.3, 0.4) is 0 Å². The van der Waals surface area contributed by atoms with Crippen LogP contribution in [0.15, 0.2) is 182 Å². The molecule has 0 aliphatic heterocycles. The average molecular weight is 679 g/mol. The molecule has 0 aliphatic rings. The third kappa shape index (κ3) is 3.53. The smallest absolute Gasteiger partial charge is 0.00134 e. The zero-order valence-electron chi connectivity index (χ0n) is 29.3. The van der Waals surface area contributed by atoms with Crippen LogP contribution in [0.25, 0.3) is 130 Å². The molecule has 13 rings (SSSR count). The van der Waals surface area contributed by atoms with E-state index in [2.05, 4.69) is 182 Å². The van der Waals surface area contributed by atoms with Crippen molar-refractivity contribution in [3.8, 4) is 22.3 Å². The molecule has 246 valence electrons. The number of rotatable bonds is 2. The van der Waals surface area contributed by atoms with Crippen LogP contribution < -0.4 is 0 Å². The van der Waals surface area contributed by atoms with Crippen molar-refractivity contribution >= 4 is 108 Å². The zero-order valence-corrected chi connectivity index (χ0v) is 29.3. The highest BCUT2D eigenvalue weighted by molar-refractivity contribution is 6.46. The Kier molecular flexibility index (Phi) is 5.45. The first-order valence-electron chi connectivity index (χ1n) is 18.9. The Morgan fingerprint density at radius 1 is 0.185 bits per heavy atom. The fourth-order valence-electron chi connectivity index (χ4n) is 10.4. The van der Waals surface area contributed by atoms with Gasteiger partial charge in [0.05, 0.1) is 0 Å². The molecule has 0 radical (unpaired) electrons. The van der Waals surface area contributed by atoms with Gasteiger partial charge in [-0.05, 0) is 142 Å². The fourth-order valence-corrected chi connectivity index (χ4v) is 10.4. The third-order valence-corrected chi connectivity index (χ3v) is 12.5. The molecule has 0 amide bonds. The van der Waals surface area contributed by atoms with Crippen LogP contribution in [-0.2, 0) is 0 Å². The average Bonchev–Trinajstić information content (AvgIpc) is 3.62. The van der Waals surface area contributed by atoms with Gasteiger partial charge in [-0.25, -0.2) is 0 Å². The highest BCUT2D eigenvalue weighted by atomic mass is 14.3. The first kappa shape index (κ1) is 28.6. The molecule has 13 aromatic rings. The molecule has 0 fully saturated rings. The first-order valence-corrected chi connectivity index (χ1v) is 18.9. The van der Waals surface area contributed by atoms with E-state index in [1.54, 1.807) is 0 Å². The Morgan fingerprint density at radius 2 is 0.500 bits per heavy atom. The minimum Gasteiger partial charge on any atom is -0.0622 e. The maximum atomic E-state index is 2.53. The molecule has 0 heteroatoms. The van der Waals surface area contributed by atoms with Crippen LogP contribution in [0.4, 0.5) is 0 Å². The third-order valence-electron chi connectivity index (χ3n) is 12.5. The van der Waals surface area contributed by atoms with E-state index in [1.807, 2.05) is 0 Å². The highest BCUT2D eigenvalue weighted by Gasteiger charge is 2.23. The van der Waals surface area contributed by atoms with E-state index in [4.69, 9.17) is 0 Å². The second kappa shape index (κ2) is 10.3. The van der Waals surface area contributed by atoms with E-state index < -0.39 is 0 Å². The van der Waals surface area contributed by atoms with E-state index in [0.29, 0.717) is 0 Å². The standard InChI is InChI=1S/C54H30/c1-3-13-31(14-4-1)43-29-45-35-21-11-28-42-50(35)46(36-22-12-27-41(49(36)45)51-37-23-7-17-33-19-9-25-39(47(33)37)53(43)51)30-44(32-15-5-2-6-16-32)54-40-26-10-20-34-18-8-24-38(48(34)40)52(42)54/h1-30H. The normalized spacial score (nSPS) is 12.4. The molecule has 0 N–H and O–H groups in total. The summed E-state index contributed by atoms with van der Waals surface area (Å²) >= 11 is 0. The van der Waals surface area contributed by atoms with Gasteiger partial charge in [-0.3, -0.25) is 0 Å². The van der Waals surface area contributed by atoms with E-state index in [9.17, 15) is 0 Å². The summed E-state index contributed by atoms with van der Waals surface area (Å²) in [5, 5.41) is 26.4. The van der Waals surface area contributed by atoms with Crippen LogP contribution in [-0.4, -0.2) is 0 Å². The van der Waals surface area contributed by atoms with Crippen LogP contribution in [0.5, 0.6) is 0 Å². The van der Waals surface area contributed by atoms with E-state index >= 15 is 0 Å². The van der Waals surface area contributed by atoms with Gasteiger partial charge in [0.1, 0.15) is 0 Å². The highest BCUT2D eigenvalue weighted by Crippen LogP contribution is 2.52. The molecule has 13 aromatic carbocycles. The molecule has 0 unspecified atom stereocenters. The monoisotopic (exact) mass is 678 g/mol. The van der Waals surface area contributed by atoms with Gasteiger partial charge < -0.3 is 0 Å². The lowest BCUT2D eigenvalue weighted by molar-refractivity contribution is 1.69. The maximum absolute atomic E-state index is 2.53. The molecule has 0 aliphatic carbocycles. The first-order chi connectivity index (χ1) is 26.8. The molecule has 0 heterocycles. The van der Waals surface area contributed by atoms with Crippen molar-refractivity contribution in [3.63, 3.8) is 0 Å². The van der Waals surface area contributed by atoms with Crippen molar-refractivity contribution in [3.05, 3.63) is 182 Å². The van der Waals surface area contributed by atoms with E-state index in [1.165, 1.54) is 130 Å². The molecule has 0 saturated heterocycles. The number of hydrogen-bond donors (Lipinski definition) is 0. The number of fused-ring (bicyclic) bond motifs is 10. The molecular formula is C54H30. The van der Waals surface area contributed by atoms with Crippen molar-refractivity contribution in [2.45, 2.75) is 0 Å². The molecule has 0 saturated carbocycles. The minimum atomic E-state index is 1.24. The maximum Gasteiger partial charge on any atom is -0.00134 e. The Bertz CT molecular complexity index is 3430. The summed E-state index contributed by atoms with van der Waals surface area (Å²) in [6, 6.07) is 68.6.